The summed E-state index contributed by atoms with van der Waals surface area (Å²) in [5.74, 6) is -0.163. The van der Waals surface area contributed by atoms with E-state index in [-0.39, 0.29) is 5.91 Å². The Bertz CT molecular complexity index is 604. The molecule has 2 rings (SSSR count). The van der Waals surface area contributed by atoms with Crippen LogP contribution < -0.4 is 5.32 Å². The van der Waals surface area contributed by atoms with Crippen molar-refractivity contribution >= 4 is 27.5 Å². The molecule has 1 N–H and O–H groups in total. The minimum Gasteiger partial charge on any atom is -0.320 e. The topological polar surface area (TPSA) is 46.9 Å². The smallest absolute Gasteiger partial charge is 0.273 e. The number of carbonyl (C=O) groups is 1. The molecule has 0 fully saturated rings. The van der Waals surface area contributed by atoms with Crippen LogP contribution in [0.2, 0.25) is 0 Å². The van der Waals surface area contributed by atoms with Gasteiger partial charge in [0.05, 0.1) is 11.4 Å². The molecule has 0 aliphatic carbocycles. The molecule has 0 unspecified atom stereocenters. The summed E-state index contributed by atoms with van der Waals surface area (Å²) in [6.45, 7) is 3.84. The average molecular weight is 308 g/mol. The maximum atomic E-state index is 12.1. The second-order valence-electron chi connectivity index (χ2n) is 4.19. The van der Waals surface area contributed by atoms with Crippen LogP contribution in [0.3, 0.4) is 0 Å². The van der Waals surface area contributed by atoms with Crippen LogP contribution in [-0.2, 0) is 7.05 Å². The molecule has 4 nitrogen and oxygen atoms in total. The van der Waals surface area contributed by atoms with Crippen molar-refractivity contribution in [2.75, 3.05) is 5.32 Å². The summed E-state index contributed by atoms with van der Waals surface area (Å²) in [6.07, 6.45) is 0. The zero-order valence-corrected chi connectivity index (χ0v) is 12.1. The van der Waals surface area contributed by atoms with Gasteiger partial charge in [0.2, 0.25) is 0 Å². The molecule has 0 spiro atoms. The van der Waals surface area contributed by atoms with Crippen molar-refractivity contribution in [1.29, 1.82) is 0 Å². The van der Waals surface area contributed by atoms with Gasteiger partial charge in [0.25, 0.3) is 5.91 Å². The minimum absolute atomic E-state index is 0.163. The zero-order valence-electron chi connectivity index (χ0n) is 10.5. The highest BCUT2D eigenvalue weighted by atomic mass is 79.9. The molecule has 0 aliphatic rings. The van der Waals surface area contributed by atoms with E-state index in [1.807, 2.05) is 32.0 Å². The molecule has 0 bridgehead atoms. The van der Waals surface area contributed by atoms with Gasteiger partial charge in [-0.3, -0.25) is 9.48 Å². The number of benzene rings is 1. The van der Waals surface area contributed by atoms with Crippen LogP contribution in [0.1, 0.15) is 21.7 Å². The Morgan fingerprint density at radius 2 is 2.11 bits per heavy atom. The molecule has 0 atom stereocenters. The molecule has 1 aromatic heterocycles. The van der Waals surface area contributed by atoms with Crippen molar-refractivity contribution in [3.05, 3.63) is 45.7 Å². The van der Waals surface area contributed by atoms with Crippen LogP contribution in [-0.4, -0.2) is 15.7 Å². The predicted molar refractivity (Wildman–Crippen MR) is 74.8 cm³/mol. The van der Waals surface area contributed by atoms with E-state index in [0.29, 0.717) is 5.69 Å². The number of nitrogens with zero attached hydrogens (tertiary/aromatic N) is 2. The Balaban J connectivity index is 2.27. The third kappa shape index (κ3) is 2.46. The molecule has 1 heterocycles. The monoisotopic (exact) mass is 307 g/mol. The van der Waals surface area contributed by atoms with Crippen molar-refractivity contribution in [1.82, 2.24) is 9.78 Å². The summed E-state index contributed by atoms with van der Waals surface area (Å²) in [5, 5.41) is 7.03. The van der Waals surface area contributed by atoms with Gasteiger partial charge in [0, 0.05) is 11.5 Å². The molecule has 94 valence electrons. The van der Waals surface area contributed by atoms with Crippen LogP contribution in [0.5, 0.6) is 0 Å². The summed E-state index contributed by atoms with van der Waals surface area (Å²) in [5.41, 5.74) is 3.21. The molecule has 0 aliphatic heterocycles. The fourth-order valence-electron chi connectivity index (χ4n) is 1.75. The number of carbonyl (C=O) groups excluding carboxylic acids is 1. The van der Waals surface area contributed by atoms with E-state index in [2.05, 4.69) is 26.3 Å². The van der Waals surface area contributed by atoms with E-state index in [9.17, 15) is 4.79 Å². The lowest BCUT2D eigenvalue weighted by Crippen LogP contribution is -2.16. The fraction of sp³-hybridized carbons (Fsp3) is 0.231. The van der Waals surface area contributed by atoms with E-state index in [0.717, 1.165) is 21.4 Å². The van der Waals surface area contributed by atoms with E-state index in [4.69, 9.17) is 0 Å². The number of hydrogen-bond acceptors (Lipinski definition) is 2. The first-order valence-electron chi connectivity index (χ1n) is 5.56. The lowest BCUT2D eigenvalue weighted by Gasteiger charge is -2.09. The Labute approximate surface area is 114 Å². The first kappa shape index (κ1) is 12.8. The lowest BCUT2D eigenvalue weighted by molar-refractivity contribution is 0.101. The van der Waals surface area contributed by atoms with Gasteiger partial charge in [-0.1, -0.05) is 12.1 Å². The van der Waals surface area contributed by atoms with Crippen LogP contribution >= 0.6 is 15.9 Å². The van der Waals surface area contributed by atoms with Crippen molar-refractivity contribution in [3.63, 3.8) is 0 Å². The van der Waals surface area contributed by atoms with E-state index in [1.165, 1.54) is 0 Å². The number of nitrogens with one attached hydrogen (secondary N) is 1. The number of anilines is 1. The number of aromatic nitrogens is 2. The Hall–Kier alpha value is -1.62. The van der Waals surface area contributed by atoms with Crippen molar-refractivity contribution in [2.45, 2.75) is 13.8 Å². The van der Waals surface area contributed by atoms with Gasteiger partial charge in [-0.2, -0.15) is 5.10 Å². The van der Waals surface area contributed by atoms with Crippen LogP contribution in [0.15, 0.2) is 28.7 Å². The number of halogens is 1. The number of hydrogen-bond donors (Lipinski definition) is 1. The maximum absolute atomic E-state index is 12.1. The highest BCUT2D eigenvalue weighted by Gasteiger charge is 2.13. The lowest BCUT2D eigenvalue weighted by atomic mass is 10.2. The molecule has 1 amide bonds. The first-order valence-corrected chi connectivity index (χ1v) is 6.35. The quantitative estimate of drug-likeness (QED) is 0.927. The third-order valence-electron chi connectivity index (χ3n) is 2.67. The number of amides is 1. The summed E-state index contributed by atoms with van der Waals surface area (Å²) in [7, 11) is 1.76. The van der Waals surface area contributed by atoms with Gasteiger partial charge < -0.3 is 5.32 Å². The van der Waals surface area contributed by atoms with Crippen LogP contribution in [0.25, 0.3) is 0 Å². The Morgan fingerprint density at radius 1 is 1.39 bits per heavy atom. The van der Waals surface area contributed by atoms with Crippen molar-refractivity contribution in [3.8, 4) is 0 Å². The van der Waals surface area contributed by atoms with Gasteiger partial charge >= 0.3 is 0 Å². The minimum atomic E-state index is -0.163. The van der Waals surface area contributed by atoms with E-state index < -0.39 is 0 Å². The zero-order chi connectivity index (χ0) is 13.3. The molecular formula is C13H14BrN3O. The Kier molecular flexibility index (Phi) is 3.52. The highest BCUT2D eigenvalue weighted by molar-refractivity contribution is 9.10. The van der Waals surface area contributed by atoms with Gasteiger partial charge in [0.15, 0.2) is 0 Å². The van der Waals surface area contributed by atoms with Gasteiger partial charge in [-0.15, -0.1) is 0 Å². The average Bonchev–Trinajstić information content (AvgIpc) is 2.64. The van der Waals surface area contributed by atoms with Crippen molar-refractivity contribution < 1.29 is 4.79 Å². The molecule has 0 radical (unpaired) electrons. The van der Waals surface area contributed by atoms with Crippen molar-refractivity contribution in [2.24, 2.45) is 7.05 Å². The Morgan fingerprint density at radius 3 is 2.72 bits per heavy atom. The maximum Gasteiger partial charge on any atom is 0.273 e. The normalized spacial score (nSPS) is 10.4. The standard InChI is InChI=1S/C13H14BrN3O/c1-8-5-4-6-10(12(8)14)15-13(18)11-7-9(2)16-17(11)3/h4-7H,1-3H3,(H,15,18). The third-order valence-corrected chi connectivity index (χ3v) is 3.73. The van der Waals surface area contributed by atoms with Gasteiger partial charge in [0.1, 0.15) is 5.69 Å². The molecule has 0 saturated heterocycles. The number of rotatable bonds is 2. The molecule has 5 heteroatoms. The van der Waals surface area contributed by atoms with Crippen LogP contribution in [0.4, 0.5) is 5.69 Å². The molecule has 1 aromatic carbocycles. The summed E-state index contributed by atoms with van der Waals surface area (Å²) in [4.78, 5) is 12.1. The summed E-state index contributed by atoms with van der Waals surface area (Å²) in [6, 6.07) is 7.51. The molecule has 0 saturated carbocycles. The largest absolute Gasteiger partial charge is 0.320 e. The predicted octanol–water partition coefficient (Wildman–Crippen LogP) is 3.05. The first-order chi connectivity index (χ1) is 8.49. The second-order valence-corrected chi connectivity index (χ2v) is 4.98. The summed E-state index contributed by atoms with van der Waals surface area (Å²) >= 11 is 3.47. The van der Waals surface area contributed by atoms with Gasteiger partial charge in [-0.25, -0.2) is 0 Å². The fourth-order valence-corrected chi connectivity index (χ4v) is 2.12. The molecule has 2 aromatic rings. The molecular weight excluding hydrogens is 294 g/mol. The second kappa shape index (κ2) is 4.94. The van der Waals surface area contributed by atoms with E-state index >= 15 is 0 Å². The SMILES string of the molecule is Cc1cc(C(=O)Nc2cccc(C)c2Br)n(C)n1. The summed E-state index contributed by atoms with van der Waals surface area (Å²) < 4.78 is 2.48. The number of aryl methyl sites for hydroxylation is 3. The van der Waals surface area contributed by atoms with E-state index in [1.54, 1.807) is 17.8 Å². The molecule has 18 heavy (non-hydrogen) atoms. The van der Waals surface area contributed by atoms with Gasteiger partial charge in [-0.05, 0) is 47.5 Å². The highest BCUT2D eigenvalue weighted by Crippen LogP contribution is 2.26. The van der Waals surface area contributed by atoms with Crippen LogP contribution in [0, 0.1) is 13.8 Å².